The molecule has 0 aliphatic carbocycles. The normalized spacial score (nSPS) is 35.1. The van der Waals surface area contributed by atoms with Crippen LogP contribution >= 0.6 is 0 Å². The Kier molecular flexibility index (Phi) is 18.9. The highest BCUT2D eigenvalue weighted by Crippen LogP contribution is 2.33. The Morgan fingerprint density at radius 2 is 1.07 bits per heavy atom. The Morgan fingerprint density at radius 3 is 1.49 bits per heavy atom. The molecule has 0 bridgehead atoms. The molecule has 16 nitrogen and oxygen atoms in total. The topological polar surface area (TPSA) is 156 Å². The van der Waals surface area contributed by atoms with Gasteiger partial charge in [-0.05, 0) is 0 Å². The van der Waals surface area contributed by atoms with Gasteiger partial charge in [0.25, 0.3) is 0 Å². The Labute approximate surface area is 266 Å². The third-order valence-corrected chi connectivity index (χ3v) is 8.19. The summed E-state index contributed by atoms with van der Waals surface area (Å²) in [5, 5.41) is 0. The fraction of sp³-hybridized carbons (Fsp3) is 0.966. The van der Waals surface area contributed by atoms with Crippen molar-refractivity contribution in [1.29, 1.82) is 0 Å². The first-order chi connectivity index (χ1) is 21.8. The van der Waals surface area contributed by atoms with Crippen LogP contribution in [0.4, 0.5) is 0 Å². The second kappa shape index (κ2) is 21.1. The van der Waals surface area contributed by atoms with Crippen molar-refractivity contribution < 1.29 is 75.8 Å². The van der Waals surface area contributed by atoms with Crippen LogP contribution in [0.5, 0.6) is 0 Å². The highest BCUT2D eigenvalue weighted by Gasteiger charge is 2.52. The molecule has 2 saturated heterocycles. The van der Waals surface area contributed by atoms with Crippen molar-refractivity contribution in [3.05, 3.63) is 0 Å². The van der Waals surface area contributed by atoms with E-state index in [0.29, 0.717) is 6.29 Å². The molecule has 0 spiro atoms. The first-order valence-electron chi connectivity index (χ1n) is 14.6. The average molecular weight is 659 g/mol. The molecule has 2 heterocycles. The lowest BCUT2D eigenvalue weighted by Gasteiger charge is -2.47. The molecule has 45 heavy (non-hydrogen) atoms. The number of hydrogen-bond acceptors (Lipinski definition) is 16. The Bertz CT molecular complexity index is 793. The van der Waals surface area contributed by atoms with Gasteiger partial charge in [0.2, 0.25) is 0 Å². The van der Waals surface area contributed by atoms with Crippen LogP contribution in [-0.2, 0) is 75.8 Å². The van der Waals surface area contributed by atoms with E-state index >= 15 is 0 Å². The van der Waals surface area contributed by atoms with Crippen LogP contribution in [0.2, 0.25) is 0 Å². The molecule has 0 amide bonds. The van der Waals surface area contributed by atoms with Gasteiger partial charge in [0.05, 0.1) is 19.8 Å². The Hall–Kier alpha value is -0.930. The molecule has 0 aromatic rings. The van der Waals surface area contributed by atoms with E-state index in [1.807, 2.05) is 0 Å². The zero-order valence-corrected chi connectivity index (χ0v) is 28.3. The summed E-state index contributed by atoms with van der Waals surface area (Å²) in [5.41, 5.74) is 0. The standard InChI is InChI=1S/C29H54O16/c1-31-13-17(34-4)23(20(35-5)16(12-30)33-3)45-29-27(41-11)25(39-9)22(37-7)19(44-29)15-42-28-26(40-10)24(38-8)21(36-6)18(43-28)14-32-2/h12,16-29H,13-15H2,1-11H3/t16?,17?,18?,19-,20?,21?,22-,23?,24?,25+,26?,27-,28?,29?/m1/s1. The van der Waals surface area contributed by atoms with Crippen molar-refractivity contribution in [3.8, 4) is 0 Å². The minimum atomic E-state index is -1.07. The molecule has 2 aliphatic rings. The second-order valence-corrected chi connectivity index (χ2v) is 10.4. The molecule has 0 N–H and O–H groups in total. The van der Waals surface area contributed by atoms with Gasteiger partial charge in [-0.15, -0.1) is 0 Å². The molecule has 0 radical (unpaired) electrons. The molecule has 2 fully saturated rings. The SMILES string of the molecule is COCC(OC)C(OC1O[C@H](COC2OC(COC)C(OC)C(OC)C2OC)[C@@H](OC)[C@H](OC)[C@H]1OC)C(OC)C(C=O)OC. The lowest BCUT2D eigenvalue weighted by molar-refractivity contribution is -0.352. The third-order valence-electron chi connectivity index (χ3n) is 8.19. The van der Waals surface area contributed by atoms with Gasteiger partial charge in [0.15, 0.2) is 18.9 Å². The molecule has 0 aromatic carbocycles. The summed E-state index contributed by atoms with van der Waals surface area (Å²) in [6, 6.07) is 0. The fourth-order valence-corrected chi connectivity index (χ4v) is 5.94. The highest BCUT2D eigenvalue weighted by atomic mass is 16.8. The van der Waals surface area contributed by atoms with Gasteiger partial charge in [-0.25, -0.2) is 0 Å². The Balaban J connectivity index is 2.41. The van der Waals surface area contributed by atoms with Crippen molar-refractivity contribution in [2.45, 2.75) is 85.8 Å². The fourth-order valence-electron chi connectivity index (χ4n) is 5.94. The van der Waals surface area contributed by atoms with E-state index in [1.165, 1.54) is 56.9 Å². The van der Waals surface area contributed by atoms with Crippen LogP contribution in [0.15, 0.2) is 0 Å². The number of carbonyl (C=O) groups excluding carboxylic acids is 1. The van der Waals surface area contributed by atoms with E-state index in [-0.39, 0.29) is 19.8 Å². The van der Waals surface area contributed by atoms with Gasteiger partial charge in [-0.2, -0.15) is 0 Å². The first-order valence-corrected chi connectivity index (χ1v) is 14.6. The maximum atomic E-state index is 11.9. The lowest BCUT2D eigenvalue weighted by Crippen LogP contribution is -2.64. The number of carbonyl (C=O) groups is 1. The molecular weight excluding hydrogens is 604 g/mol. The highest BCUT2D eigenvalue weighted by molar-refractivity contribution is 5.57. The molecule has 10 unspecified atom stereocenters. The lowest BCUT2D eigenvalue weighted by atomic mass is 9.97. The molecule has 2 rings (SSSR count). The first kappa shape index (κ1) is 40.2. The van der Waals surface area contributed by atoms with E-state index in [1.54, 1.807) is 21.3 Å². The van der Waals surface area contributed by atoms with E-state index in [9.17, 15) is 4.79 Å². The molecule has 2 aliphatic heterocycles. The Morgan fingerprint density at radius 1 is 0.556 bits per heavy atom. The number of methoxy groups -OCH3 is 11. The molecule has 14 atom stereocenters. The predicted octanol–water partition coefficient (Wildman–Crippen LogP) is -0.535. The van der Waals surface area contributed by atoms with Crippen LogP contribution in [0, 0.1) is 0 Å². The van der Waals surface area contributed by atoms with Crippen molar-refractivity contribution in [2.24, 2.45) is 0 Å². The van der Waals surface area contributed by atoms with Crippen molar-refractivity contribution in [3.63, 3.8) is 0 Å². The smallest absolute Gasteiger partial charge is 0.187 e. The predicted molar refractivity (Wildman–Crippen MR) is 155 cm³/mol. The van der Waals surface area contributed by atoms with Crippen molar-refractivity contribution in [1.82, 2.24) is 0 Å². The van der Waals surface area contributed by atoms with E-state index in [4.69, 9.17) is 71.1 Å². The zero-order valence-electron chi connectivity index (χ0n) is 28.3. The van der Waals surface area contributed by atoms with Gasteiger partial charge in [0, 0.05) is 78.2 Å². The number of aldehydes is 1. The second-order valence-electron chi connectivity index (χ2n) is 10.4. The van der Waals surface area contributed by atoms with Gasteiger partial charge < -0.3 is 75.8 Å². The summed E-state index contributed by atoms with van der Waals surface area (Å²) in [6.07, 6.45) is -9.81. The number of hydrogen-bond donors (Lipinski definition) is 0. The number of rotatable bonds is 22. The molecular formula is C29H54O16. The van der Waals surface area contributed by atoms with Crippen LogP contribution in [0.1, 0.15) is 0 Å². The number of ether oxygens (including phenoxy) is 15. The van der Waals surface area contributed by atoms with E-state index in [2.05, 4.69) is 0 Å². The quantitative estimate of drug-likeness (QED) is 0.137. The van der Waals surface area contributed by atoms with Crippen LogP contribution < -0.4 is 0 Å². The molecule has 266 valence electrons. The summed E-state index contributed by atoms with van der Waals surface area (Å²) in [7, 11) is 16.7. The summed E-state index contributed by atoms with van der Waals surface area (Å²) >= 11 is 0. The summed E-state index contributed by atoms with van der Waals surface area (Å²) < 4.78 is 87.6. The minimum absolute atomic E-state index is 0.0356. The van der Waals surface area contributed by atoms with Crippen LogP contribution in [-0.4, -0.2) is 190 Å². The van der Waals surface area contributed by atoms with Crippen LogP contribution in [0.25, 0.3) is 0 Å². The van der Waals surface area contributed by atoms with Gasteiger partial charge >= 0.3 is 0 Å². The maximum Gasteiger partial charge on any atom is 0.187 e. The third kappa shape index (κ3) is 9.81. The van der Waals surface area contributed by atoms with Crippen LogP contribution in [0.3, 0.4) is 0 Å². The molecule has 0 aromatic heterocycles. The summed E-state index contributed by atoms with van der Waals surface area (Å²) in [5.74, 6) is 0. The zero-order chi connectivity index (χ0) is 33.5. The van der Waals surface area contributed by atoms with Gasteiger partial charge in [-0.3, -0.25) is 0 Å². The average Bonchev–Trinajstić information content (AvgIpc) is 3.06. The summed E-state index contributed by atoms with van der Waals surface area (Å²) in [6.45, 7) is 0.316. The minimum Gasteiger partial charge on any atom is -0.382 e. The van der Waals surface area contributed by atoms with Crippen molar-refractivity contribution in [2.75, 3.05) is 98.0 Å². The molecule has 0 saturated carbocycles. The van der Waals surface area contributed by atoms with Gasteiger partial charge in [0.1, 0.15) is 73.2 Å². The van der Waals surface area contributed by atoms with E-state index < -0.39 is 85.8 Å². The van der Waals surface area contributed by atoms with Crippen molar-refractivity contribution >= 4 is 6.29 Å². The van der Waals surface area contributed by atoms with E-state index in [0.717, 1.165) is 0 Å². The molecule has 16 heteroatoms. The monoisotopic (exact) mass is 658 g/mol. The maximum absolute atomic E-state index is 11.9. The largest absolute Gasteiger partial charge is 0.382 e. The summed E-state index contributed by atoms with van der Waals surface area (Å²) in [4.78, 5) is 11.9. The van der Waals surface area contributed by atoms with Gasteiger partial charge in [-0.1, -0.05) is 0 Å².